The summed E-state index contributed by atoms with van der Waals surface area (Å²) in [4.78, 5) is 12.3. The fourth-order valence-corrected chi connectivity index (χ4v) is 4.56. The summed E-state index contributed by atoms with van der Waals surface area (Å²) in [5.41, 5.74) is 6.10. The van der Waals surface area contributed by atoms with Crippen LogP contribution in [0.1, 0.15) is 57.8 Å². The third-order valence-corrected chi connectivity index (χ3v) is 6.03. The number of nitrogens with two attached hydrogens (primary N) is 1. The van der Waals surface area contributed by atoms with Gasteiger partial charge in [0.05, 0.1) is 17.7 Å². The van der Waals surface area contributed by atoms with Gasteiger partial charge in [0.1, 0.15) is 0 Å². The van der Waals surface area contributed by atoms with E-state index in [2.05, 4.69) is 5.32 Å². The molecular weight excluding hydrogens is 252 g/mol. The highest BCUT2D eigenvalue weighted by atomic mass is 16.5. The van der Waals surface area contributed by atoms with Crippen molar-refractivity contribution in [2.45, 2.75) is 75.5 Å². The molecule has 3 saturated carbocycles. The van der Waals surface area contributed by atoms with Crippen LogP contribution >= 0.6 is 0 Å². The Morgan fingerprint density at radius 1 is 1.20 bits per heavy atom. The summed E-state index contributed by atoms with van der Waals surface area (Å²) in [5.74, 6) is 0.857. The molecule has 2 atom stereocenters. The topological polar surface area (TPSA) is 64.4 Å². The molecule has 1 spiro atoms. The fraction of sp³-hybridized carbons (Fsp3) is 0.938. The maximum atomic E-state index is 12.3. The van der Waals surface area contributed by atoms with Crippen molar-refractivity contribution in [3.05, 3.63) is 0 Å². The van der Waals surface area contributed by atoms with E-state index in [9.17, 15) is 4.79 Å². The van der Waals surface area contributed by atoms with Gasteiger partial charge >= 0.3 is 0 Å². The predicted molar refractivity (Wildman–Crippen MR) is 76.1 cm³/mol. The predicted octanol–water partition coefficient (Wildman–Crippen LogP) is 1.72. The molecule has 1 saturated heterocycles. The van der Waals surface area contributed by atoms with Crippen LogP contribution in [-0.4, -0.2) is 30.2 Å². The highest BCUT2D eigenvalue weighted by Crippen LogP contribution is 2.59. The van der Waals surface area contributed by atoms with Crippen molar-refractivity contribution in [3.8, 4) is 0 Å². The van der Waals surface area contributed by atoms with Crippen molar-refractivity contribution in [1.29, 1.82) is 0 Å². The van der Waals surface area contributed by atoms with E-state index in [4.69, 9.17) is 10.5 Å². The Labute approximate surface area is 120 Å². The first-order chi connectivity index (χ1) is 9.59. The maximum Gasteiger partial charge on any atom is 0.240 e. The summed E-state index contributed by atoms with van der Waals surface area (Å²) in [7, 11) is 0. The van der Waals surface area contributed by atoms with Crippen LogP contribution in [0.4, 0.5) is 0 Å². The minimum atomic E-state index is -0.588. The number of carbonyl (C=O) groups excluding carboxylic acids is 1. The third kappa shape index (κ3) is 2.17. The highest BCUT2D eigenvalue weighted by molar-refractivity contribution is 5.87. The van der Waals surface area contributed by atoms with Gasteiger partial charge in [-0.2, -0.15) is 0 Å². The van der Waals surface area contributed by atoms with E-state index in [1.165, 1.54) is 38.5 Å². The second-order valence-electron chi connectivity index (χ2n) is 7.78. The van der Waals surface area contributed by atoms with Crippen LogP contribution in [0.25, 0.3) is 0 Å². The van der Waals surface area contributed by atoms with Crippen molar-refractivity contribution in [3.63, 3.8) is 0 Å². The average molecular weight is 278 g/mol. The number of hydrogen-bond donors (Lipinski definition) is 2. The van der Waals surface area contributed by atoms with Crippen LogP contribution in [0.3, 0.4) is 0 Å². The normalized spacial score (nSPS) is 37.2. The molecule has 1 aliphatic heterocycles. The largest absolute Gasteiger partial charge is 0.373 e. The van der Waals surface area contributed by atoms with Crippen LogP contribution < -0.4 is 11.1 Å². The van der Waals surface area contributed by atoms with Crippen LogP contribution in [0.15, 0.2) is 0 Å². The van der Waals surface area contributed by atoms with Gasteiger partial charge in [-0.05, 0) is 62.7 Å². The molecule has 2 unspecified atom stereocenters. The zero-order chi connectivity index (χ0) is 13.8. The summed E-state index contributed by atoms with van der Waals surface area (Å²) in [5, 5.41) is 3.04. The lowest BCUT2D eigenvalue weighted by molar-refractivity contribution is -0.141. The number of hydrogen-bond acceptors (Lipinski definition) is 3. The number of carbonyl (C=O) groups is 1. The van der Waals surface area contributed by atoms with Crippen molar-refractivity contribution in [2.24, 2.45) is 17.1 Å². The van der Waals surface area contributed by atoms with Crippen LogP contribution in [0.2, 0.25) is 0 Å². The van der Waals surface area contributed by atoms with Gasteiger partial charge in [-0.15, -0.1) is 0 Å². The van der Waals surface area contributed by atoms with Crippen LogP contribution in [-0.2, 0) is 9.53 Å². The Kier molecular flexibility index (Phi) is 2.90. The Morgan fingerprint density at radius 3 is 2.55 bits per heavy atom. The van der Waals surface area contributed by atoms with Crippen molar-refractivity contribution in [2.75, 3.05) is 6.54 Å². The molecule has 4 fully saturated rings. The van der Waals surface area contributed by atoms with Gasteiger partial charge in [0.2, 0.25) is 5.91 Å². The van der Waals surface area contributed by atoms with Gasteiger partial charge in [0, 0.05) is 6.54 Å². The van der Waals surface area contributed by atoms with E-state index in [0.717, 1.165) is 25.2 Å². The molecule has 1 amide bonds. The number of nitrogens with one attached hydrogen (secondary N) is 1. The van der Waals surface area contributed by atoms with Crippen LogP contribution in [0.5, 0.6) is 0 Å². The quantitative estimate of drug-likeness (QED) is 0.823. The SMILES string of the molecule is NC1(C(=O)NCC2CCC(C3CC3)O2)CC2(CCC2)C1. The fourth-order valence-electron chi connectivity index (χ4n) is 4.56. The lowest BCUT2D eigenvalue weighted by atomic mass is 9.48. The monoisotopic (exact) mass is 278 g/mol. The Bertz CT molecular complexity index is 407. The molecule has 4 rings (SSSR count). The average Bonchev–Trinajstić information content (AvgIpc) is 3.09. The molecule has 0 aromatic rings. The molecular formula is C16H26N2O2. The summed E-state index contributed by atoms with van der Waals surface area (Å²) < 4.78 is 6.02. The molecule has 0 bridgehead atoms. The number of ether oxygens (including phenoxy) is 1. The van der Waals surface area contributed by atoms with Crippen molar-refractivity contribution >= 4 is 5.91 Å². The first kappa shape index (κ1) is 13.1. The van der Waals surface area contributed by atoms with E-state index in [1.54, 1.807) is 0 Å². The standard InChI is InChI=1S/C16H26N2O2/c17-16(9-15(10-16)6-1-7-15)14(19)18-8-12-4-5-13(20-12)11-2-3-11/h11-13H,1-10,17H2,(H,18,19). The molecule has 0 aromatic carbocycles. The minimum absolute atomic E-state index is 0.0495. The Balaban J connectivity index is 1.22. The first-order valence-corrected chi connectivity index (χ1v) is 8.31. The van der Waals surface area contributed by atoms with Gasteiger partial charge < -0.3 is 15.8 Å². The summed E-state index contributed by atoms with van der Waals surface area (Å²) in [6.45, 7) is 0.647. The van der Waals surface area contributed by atoms with Crippen LogP contribution in [0, 0.1) is 11.3 Å². The molecule has 0 radical (unpaired) electrons. The second-order valence-corrected chi connectivity index (χ2v) is 7.78. The van der Waals surface area contributed by atoms with E-state index in [1.807, 2.05) is 0 Å². The van der Waals surface area contributed by atoms with Gasteiger partial charge in [-0.1, -0.05) is 6.42 Å². The van der Waals surface area contributed by atoms with E-state index < -0.39 is 5.54 Å². The molecule has 3 aliphatic carbocycles. The summed E-state index contributed by atoms with van der Waals surface area (Å²) >= 11 is 0. The molecule has 3 N–H and O–H groups in total. The Morgan fingerprint density at radius 2 is 1.95 bits per heavy atom. The third-order valence-electron chi connectivity index (χ3n) is 6.03. The molecule has 0 aromatic heterocycles. The van der Waals surface area contributed by atoms with E-state index in [-0.39, 0.29) is 12.0 Å². The summed E-state index contributed by atoms with van der Waals surface area (Å²) in [6, 6.07) is 0. The summed E-state index contributed by atoms with van der Waals surface area (Å²) in [6.07, 6.45) is 11.2. The zero-order valence-corrected chi connectivity index (χ0v) is 12.2. The maximum absolute atomic E-state index is 12.3. The molecule has 4 heteroatoms. The molecule has 112 valence electrons. The van der Waals surface area contributed by atoms with Gasteiger partial charge in [0.25, 0.3) is 0 Å². The molecule has 4 nitrogen and oxygen atoms in total. The number of amides is 1. The van der Waals surface area contributed by atoms with Gasteiger partial charge in [-0.25, -0.2) is 0 Å². The zero-order valence-electron chi connectivity index (χ0n) is 12.2. The highest BCUT2D eigenvalue weighted by Gasteiger charge is 2.58. The minimum Gasteiger partial charge on any atom is -0.373 e. The second kappa shape index (κ2) is 4.44. The first-order valence-electron chi connectivity index (χ1n) is 8.31. The molecule has 4 aliphatic rings. The number of rotatable bonds is 4. The van der Waals surface area contributed by atoms with Gasteiger partial charge in [-0.3, -0.25) is 4.79 Å². The molecule has 20 heavy (non-hydrogen) atoms. The Hall–Kier alpha value is -0.610. The lowest BCUT2D eigenvalue weighted by Gasteiger charge is -2.58. The van der Waals surface area contributed by atoms with E-state index in [0.29, 0.717) is 18.1 Å². The smallest absolute Gasteiger partial charge is 0.240 e. The van der Waals surface area contributed by atoms with Gasteiger partial charge in [0.15, 0.2) is 0 Å². The lowest BCUT2D eigenvalue weighted by Crippen LogP contribution is -2.67. The van der Waals surface area contributed by atoms with E-state index >= 15 is 0 Å². The van der Waals surface area contributed by atoms with Crippen molar-refractivity contribution < 1.29 is 9.53 Å². The van der Waals surface area contributed by atoms with Crippen molar-refractivity contribution in [1.82, 2.24) is 5.32 Å². The molecule has 1 heterocycles.